The highest BCUT2D eigenvalue weighted by molar-refractivity contribution is 6.01. The Morgan fingerprint density at radius 2 is 2.07 bits per heavy atom. The SMILES string of the molecule is COCOC/C(=N\O)c1ccc(F)cc1. The van der Waals surface area contributed by atoms with Gasteiger partial charge in [-0.15, -0.1) is 0 Å². The molecule has 82 valence electrons. The first kappa shape index (κ1) is 11.6. The molecule has 0 saturated heterocycles. The lowest BCUT2D eigenvalue weighted by molar-refractivity contribution is -0.0148. The molecule has 0 aliphatic carbocycles. The van der Waals surface area contributed by atoms with E-state index in [9.17, 15) is 4.39 Å². The van der Waals surface area contributed by atoms with Crippen molar-refractivity contribution >= 4 is 5.71 Å². The van der Waals surface area contributed by atoms with Crippen LogP contribution in [0.4, 0.5) is 4.39 Å². The van der Waals surface area contributed by atoms with Gasteiger partial charge in [-0.3, -0.25) is 0 Å². The number of methoxy groups -OCH3 is 1. The van der Waals surface area contributed by atoms with Crippen LogP contribution in [-0.2, 0) is 9.47 Å². The largest absolute Gasteiger partial charge is 0.411 e. The summed E-state index contributed by atoms with van der Waals surface area (Å²) in [6.45, 7) is 0.218. The summed E-state index contributed by atoms with van der Waals surface area (Å²) in [7, 11) is 1.49. The van der Waals surface area contributed by atoms with E-state index in [2.05, 4.69) is 9.89 Å². The maximum atomic E-state index is 12.6. The third-order valence-corrected chi connectivity index (χ3v) is 1.74. The lowest BCUT2D eigenvalue weighted by Crippen LogP contribution is -2.12. The first-order chi connectivity index (χ1) is 7.27. The molecule has 4 nitrogen and oxygen atoms in total. The molecular formula is C10H12FNO3. The third-order valence-electron chi connectivity index (χ3n) is 1.74. The van der Waals surface area contributed by atoms with E-state index in [1.54, 1.807) is 0 Å². The number of nitrogens with zero attached hydrogens (tertiary/aromatic N) is 1. The molecule has 0 heterocycles. The standard InChI is InChI=1S/C10H12FNO3/c1-14-7-15-6-10(12-13)8-2-4-9(11)5-3-8/h2-5,13H,6-7H2,1H3/b12-10+. The van der Waals surface area contributed by atoms with Gasteiger partial charge < -0.3 is 14.7 Å². The highest BCUT2D eigenvalue weighted by Gasteiger charge is 2.04. The van der Waals surface area contributed by atoms with Gasteiger partial charge >= 0.3 is 0 Å². The summed E-state index contributed by atoms with van der Waals surface area (Å²) in [6, 6.07) is 5.61. The maximum Gasteiger partial charge on any atom is 0.146 e. The molecule has 0 radical (unpaired) electrons. The average molecular weight is 213 g/mol. The smallest absolute Gasteiger partial charge is 0.146 e. The average Bonchev–Trinajstić information content (AvgIpc) is 2.26. The van der Waals surface area contributed by atoms with Gasteiger partial charge in [0.05, 0.1) is 6.61 Å². The van der Waals surface area contributed by atoms with Gasteiger partial charge in [0.2, 0.25) is 0 Å². The maximum absolute atomic E-state index is 12.6. The summed E-state index contributed by atoms with van der Waals surface area (Å²) in [6.07, 6.45) is 0. The molecule has 0 amide bonds. The zero-order chi connectivity index (χ0) is 11.1. The van der Waals surface area contributed by atoms with Gasteiger partial charge in [0.15, 0.2) is 0 Å². The molecule has 0 aliphatic heterocycles. The molecule has 0 aromatic heterocycles. The summed E-state index contributed by atoms with van der Waals surface area (Å²) < 4.78 is 22.3. The third kappa shape index (κ3) is 3.65. The fourth-order valence-corrected chi connectivity index (χ4v) is 1.03. The van der Waals surface area contributed by atoms with Crippen molar-refractivity contribution in [3.63, 3.8) is 0 Å². The Bertz CT molecular complexity index is 324. The highest BCUT2D eigenvalue weighted by atomic mass is 19.1. The number of oxime groups is 1. The second-order valence-electron chi connectivity index (χ2n) is 2.81. The van der Waals surface area contributed by atoms with Crippen molar-refractivity contribution in [1.29, 1.82) is 0 Å². The number of benzene rings is 1. The lowest BCUT2D eigenvalue weighted by atomic mass is 10.1. The van der Waals surface area contributed by atoms with Gasteiger partial charge in [-0.2, -0.15) is 0 Å². The van der Waals surface area contributed by atoms with Crippen molar-refractivity contribution in [2.24, 2.45) is 5.16 Å². The van der Waals surface area contributed by atoms with Gasteiger partial charge in [-0.1, -0.05) is 17.3 Å². The topological polar surface area (TPSA) is 51.0 Å². The van der Waals surface area contributed by atoms with Crippen molar-refractivity contribution in [3.05, 3.63) is 35.6 Å². The first-order valence-corrected chi connectivity index (χ1v) is 4.31. The van der Waals surface area contributed by atoms with E-state index >= 15 is 0 Å². The monoisotopic (exact) mass is 213 g/mol. The predicted octanol–water partition coefficient (Wildman–Crippen LogP) is 1.62. The van der Waals surface area contributed by atoms with Crippen LogP contribution in [0.15, 0.2) is 29.4 Å². The zero-order valence-electron chi connectivity index (χ0n) is 8.31. The van der Waals surface area contributed by atoms with E-state index in [0.717, 1.165) is 0 Å². The quantitative estimate of drug-likeness (QED) is 0.266. The summed E-state index contributed by atoms with van der Waals surface area (Å²) >= 11 is 0. The Labute approximate surface area is 86.9 Å². The van der Waals surface area contributed by atoms with Crippen LogP contribution in [-0.4, -0.2) is 31.4 Å². The first-order valence-electron chi connectivity index (χ1n) is 4.31. The molecule has 0 unspecified atom stereocenters. The molecule has 0 saturated carbocycles. The molecule has 0 atom stereocenters. The second-order valence-corrected chi connectivity index (χ2v) is 2.81. The van der Waals surface area contributed by atoms with Gasteiger partial charge in [0.1, 0.15) is 18.3 Å². The minimum Gasteiger partial charge on any atom is -0.411 e. The number of hydrogen-bond acceptors (Lipinski definition) is 4. The number of halogens is 1. The number of hydrogen-bond donors (Lipinski definition) is 1. The van der Waals surface area contributed by atoms with E-state index in [1.165, 1.54) is 31.4 Å². The number of rotatable bonds is 5. The van der Waals surface area contributed by atoms with Gasteiger partial charge in [0.25, 0.3) is 0 Å². The van der Waals surface area contributed by atoms with Crippen molar-refractivity contribution in [1.82, 2.24) is 0 Å². The van der Waals surface area contributed by atoms with E-state index in [-0.39, 0.29) is 19.2 Å². The molecule has 0 aliphatic rings. The molecular weight excluding hydrogens is 201 g/mol. The fourth-order valence-electron chi connectivity index (χ4n) is 1.03. The zero-order valence-corrected chi connectivity index (χ0v) is 8.31. The molecule has 1 rings (SSSR count). The van der Waals surface area contributed by atoms with Crippen LogP contribution in [0.3, 0.4) is 0 Å². The molecule has 0 fully saturated rings. The van der Waals surface area contributed by atoms with Crippen LogP contribution < -0.4 is 0 Å². The summed E-state index contributed by atoms with van der Waals surface area (Å²) in [5.41, 5.74) is 0.932. The van der Waals surface area contributed by atoms with Crippen LogP contribution in [0, 0.1) is 5.82 Å². The second kappa shape index (κ2) is 6.10. The molecule has 0 spiro atoms. The predicted molar refractivity (Wildman–Crippen MR) is 52.6 cm³/mol. The van der Waals surface area contributed by atoms with Crippen molar-refractivity contribution < 1.29 is 19.1 Å². The molecule has 15 heavy (non-hydrogen) atoms. The van der Waals surface area contributed by atoms with Crippen LogP contribution in [0.5, 0.6) is 0 Å². The fraction of sp³-hybridized carbons (Fsp3) is 0.300. The molecule has 0 bridgehead atoms. The summed E-state index contributed by atoms with van der Waals surface area (Å²) in [4.78, 5) is 0. The van der Waals surface area contributed by atoms with E-state index in [0.29, 0.717) is 11.3 Å². The van der Waals surface area contributed by atoms with E-state index in [1.807, 2.05) is 0 Å². The Morgan fingerprint density at radius 1 is 1.40 bits per heavy atom. The summed E-state index contributed by atoms with van der Waals surface area (Å²) in [5, 5.41) is 11.8. The van der Waals surface area contributed by atoms with Crippen LogP contribution in [0.2, 0.25) is 0 Å². The highest BCUT2D eigenvalue weighted by Crippen LogP contribution is 2.04. The van der Waals surface area contributed by atoms with Gasteiger partial charge in [0, 0.05) is 12.7 Å². The van der Waals surface area contributed by atoms with Gasteiger partial charge in [-0.05, 0) is 12.1 Å². The lowest BCUT2D eigenvalue weighted by Gasteiger charge is -2.05. The minimum absolute atomic E-state index is 0.107. The van der Waals surface area contributed by atoms with Crippen LogP contribution in [0.25, 0.3) is 0 Å². The van der Waals surface area contributed by atoms with Crippen molar-refractivity contribution in [3.8, 4) is 0 Å². The molecule has 1 aromatic carbocycles. The van der Waals surface area contributed by atoms with Crippen LogP contribution >= 0.6 is 0 Å². The summed E-state index contributed by atoms with van der Waals surface area (Å²) in [5.74, 6) is -0.339. The van der Waals surface area contributed by atoms with Crippen molar-refractivity contribution in [2.75, 3.05) is 20.5 Å². The Kier molecular flexibility index (Phi) is 4.73. The van der Waals surface area contributed by atoms with Gasteiger partial charge in [-0.25, -0.2) is 4.39 Å². The Balaban J connectivity index is 2.63. The van der Waals surface area contributed by atoms with E-state index in [4.69, 9.17) is 9.94 Å². The molecule has 1 aromatic rings. The molecule has 1 N–H and O–H groups in total. The Hall–Kier alpha value is -1.46. The minimum atomic E-state index is -0.339. The number of ether oxygens (including phenoxy) is 2. The Morgan fingerprint density at radius 3 is 2.60 bits per heavy atom. The van der Waals surface area contributed by atoms with Crippen molar-refractivity contribution in [2.45, 2.75) is 0 Å². The normalized spacial score (nSPS) is 11.7. The van der Waals surface area contributed by atoms with Crippen LogP contribution in [0.1, 0.15) is 5.56 Å². The molecule has 5 heteroatoms. The van der Waals surface area contributed by atoms with E-state index < -0.39 is 0 Å².